The molecule has 0 bridgehead atoms. The summed E-state index contributed by atoms with van der Waals surface area (Å²) in [6.45, 7) is 4.22. The molecule has 0 aliphatic rings. The van der Waals surface area contributed by atoms with E-state index in [1.807, 2.05) is 6.92 Å². The molecule has 10 heteroatoms. The van der Waals surface area contributed by atoms with Gasteiger partial charge in [0, 0.05) is 53.8 Å². The molecule has 0 aliphatic carbocycles. The number of alkyl halides is 10. The van der Waals surface area contributed by atoms with Gasteiger partial charge in [-0.05, 0) is 71.1 Å². The van der Waals surface area contributed by atoms with Gasteiger partial charge in [0.25, 0.3) is 0 Å². The topological polar surface area (TPSA) is 0 Å². The fourth-order valence-corrected chi connectivity index (χ4v) is 11.6. The second kappa shape index (κ2) is 36.3. The van der Waals surface area contributed by atoms with Crippen molar-refractivity contribution in [2.75, 3.05) is 0 Å². The minimum absolute atomic E-state index is 0.0216. The summed E-state index contributed by atoms with van der Waals surface area (Å²) >= 11 is 65.2. The Morgan fingerprint density at radius 2 is 0.460 bits per heavy atom. The average molecular weight is 908 g/mol. The van der Waals surface area contributed by atoms with Crippen LogP contribution in [0.3, 0.4) is 0 Å². The number of hydrogen-bond acceptors (Lipinski definition) is 0. The molecule has 0 amide bonds. The molecule has 0 heterocycles. The first-order chi connectivity index (χ1) is 23.8. The van der Waals surface area contributed by atoms with Crippen molar-refractivity contribution in [1.82, 2.24) is 0 Å². The van der Waals surface area contributed by atoms with Gasteiger partial charge in [-0.2, -0.15) is 0 Å². The van der Waals surface area contributed by atoms with Crippen LogP contribution in [0.1, 0.15) is 194 Å². The quantitative estimate of drug-likeness (QED) is 0.0430. The first-order valence-corrected chi connectivity index (χ1v) is 24.6. The molecule has 0 saturated heterocycles. The first-order valence-electron chi connectivity index (χ1n) is 20.2. The van der Waals surface area contributed by atoms with Gasteiger partial charge in [0.05, 0.1) is 0 Å². The van der Waals surface area contributed by atoms with E-state index in [0.29, 0.717) is 51.4 Å². The highest BCUT2D eigenvalue weighted by molar-refractivity contribution is 6.27. The normalized spacial score (nSPS) is 18.2. The van der Waals surface area contributed by atoms with Gasteiger partial charge < -0.3 is 0 Å². The Labute approximate surface area is 360 Å². The fraction of sp³-hybridized carbons (Fsp3) is 1.00. The van der Waals surface area contributed by atoms with Crippen molar-refractivity contribution >= 4 is 116 Å². The molecule has 0 N–H and O–H groups in total. The molecule has 0 nitrogen and oxygen atoms in total. The van der Waals surface area contributed by atoms with Crippen molar-refractivity contribution in [2.24, 2.45) is 0 Å². The number of halogens is 10. The molecular formula is C40H72Cl10. The summed E-state index contributed by atoms with van der Waals surface area (Å²) in [6, 6.07) is 0. The van der Waals surface area contributed by atoms with Gasteiger partial charge in [-0.3, -0.25) is 0 Å². The summed E-state index contributed by atoms with van der Waals surface area (Å²) in [5.74, 6) is 0. The van der Waals surface area contributed by atoms with Crippen LogP contribution in [0.4, 0.5) is 0 Å². The molecule has 0 aromatic rings. The molecule has 0 spiro atoms. The molecule has 50 heavy (non-hydrogen) atoms. The van der Waals surface area contributed by atoms with Gasteiger partial charge in [0.2, 0.25) is 0 Å². The third kappa shape index (κ3) is 36.5. The summed E-state index contributed by atoms with van der Waals surface area (Å²) in [6.07, 6.45) is 31.9. The largest absolute Gasteiger partial charge is 0.123 e. The van der Waals surface area contributed by atoms with Crippen LogP contribution in [-0.4, -0.2) is 53.8 Å². The van der Waals surface area contributed by atoms with Crippen LogP contribution in [0, 0.1) is 0 Å². The molecule has 0 radical (unpaired) electrons. The Hall–Kier alpha value is 2.90. The lowest BCUT2D eigenvalue weighted by Crippen LogP contribution is -2.21. The SMILES string of the molecule is CCCCCCCCCCCCCCCCCCCCC(Cl)CC(Cl)CC(Cl)CC(Cl)CC(Cl)CC(Cl)CC(Cl)CC(Cl)CC(Cl)CC(C)Cl. The van der Waals surface area contributed by atoms with E-state index in [0.717, 1.165) is 12.8 Å². The van der Waals surface area contributed by atoms with Crippen LogP contribution >= 0.6 is 116 Å². The molecule has 0 saturated carbocycles. The Balaban J connectivity index is 3.83. The molecule has 0 aliphatic heterocycles. The number of hydrogen-bond donors (Lipinski definition) is 0. The van der Waals surface area contributed by atoms with E-state index in [9.17, 15) is 0 Å². The van der Waals surface area contributed by atoms with Gasteiger partial charge in [0.1, 0.15) is 0 Å². The van der Waals surface area contributed by atoms with E-state index in [1.54, 1.807) is 0 Å². The zero-order valence-electron chi connectivity index (χ0n) is 31.4. The molecular weight excluding hydrogens is 835 g/mol. The molecule has 0 rings (SSSR count). The molecule has 0 aromatic heterocycles. The van der Waals surface area contributed by atoms with Crippen LogP contribution in [0.2, 0.25) is 0 Å². The monoisotopic (exact) mass is 902 g/mol. The van der Waals surface area contributed by atoms with Gasteiger partial charge in [0.15, 0.2) is 0 Å². The second-order valence-electron chi connectivity index (χ2n) is 15.1. The predicted molar refractivity (Wildman–Crippen MR) is 237 cm³/mol. The van der Waals surface area contributed by atoms with Gasteiger partial charge in [-0.15, -0.1) is 116 Å². The van der Waals surface area contributed by atoms with E-state index in [4.69, 9.17) is 116 Å². The Morgan fingerprint density at radius 3 is 0.700 bits per heavy atom. The standard InChI is InChI=1S/C40H72Cl10/c1-3-4-5-6-7-8-9-10-11-12-13-14-15-16-17-18-19-20-21-32(42)23-34(44)25-36(46)27-38(48)29-40(50)30-39(49)28-37(47)26-35(45)24-33(43)22-31(2)41/h31-40H,3-30H2,1-2H3. The maximum atomic E-state index is 6.66. The smallest absolute Gasteiger partial charge is 0.0364 e. The van der Waals surface area contributed by atoms with Crippen molar-refractivity contribution in [1.29, 1.82) is 0 Å². The summed E-state index contributed by atoms with van der Waals surface area (Å²) in [4.78, 5) is 0. The lowest BCUT2D eigenvalue weighted by Gasteiger charge is -2.22. The number of rotatable bonds is 37. The predicted octanol–water partition coefficient (Wildman–Crippen LogP) is 18.0. The molecule has 302 valence electrons. The highest BCUT2D eigenvalue weighted by atomic mass is 35.5. The summed E-state index contributed by atoms with van der Waals surface area (Å²) in [5.41, 5.74) is 0. The Morgan fingerprint density at radius 1 is 0.260 bits per heavy atom. The van der Waals surface area contributed by atoms with E-state index in [1.165, 1.54) is 116 Å². The van der Waals surface area contributed by atoms with E-state index >= 15 is 0 Å². The van der Waals surface area contributed by atoms with Crippen molar-refractivity contribution in [2.45, 2.75) is 247 Å². The highest BCUT2D eigenvalue weighted by Gasteiger charge is 2.24. The zero-order chi connectivity index (χ0) is 37.6. The van der Waals surface area contributed by atoms with Crippen LogP contribution in [0.5, 0.6) is 0 Å². The van der Waals surface area contributed by atoms with Crippen LogP contribution in [-0.2, 0) is 0 Å². The first kappa shape index (κ1) is 52.9. The zero-order valence-corrected chi connectivity index (χ0v) is 38.9. The van der Waals surface area contributed by atoms with Crippen molar-refractivity contribution in [3.8, 4) is 0 Å². The lowest BCUT2D eigenvalue weighted by atomic mass is 10.0. The Bertz CT molecular complexity index is 714. The molecule has 10 atom stereocenters. The molecule has 0 fully saturated rings. The maximum absolute atomic E-state index is 6.66. The van der Waals surface area contributed by atoms with E-state index in [2.05, 4.69) is 6.92 Å². The van der Waals surface area contributed by atoms with Gasteiger partial charge in [-0.25, -0.2) is 0 Å². The minimum Gasteiger partial charge on any atom is -0.123 e. The van der Waals surface area contributed by atoms with Crippen molar-refractivity contribution in [3.63, 3.8) is 0 Å². The minimum atomic E-state index is -0.162. The van der Waals surface area contributed by atoms with Gasteiger partial charge >= 0.3 is 0 Å². The second-order valence-corrected chi connectivity index (χ2v) is 21.4. The molecule has 0 aromatic carbocycles. The summed E-state index contributed by atoms with van der Waals surface area (Å²) in [7, 11) is 0. The highest BCUT2D eigenvalue weighted by Crippen LogP contribution is 2.30. The number of unbranched alkanes of at least 4 members (excludes halogenated alkanes) is 17. The third-order valence-electron chi connectivity index (χ3n) is 9.54. The van der Waals surface area contributed by atoms with Crippen LogP contribution in [0.25, 0.3) is 0 Å². The Kier molecular flexibility index (Phi) is 38.4. The van der Waals surface area contributed by atoms with Gasteiger partial charge in [-0.1, -0.05) is 122 Å². The van der Waals surface area contributed by atoms with E-state index < -0.39 is 0 Å². The van der Waals surface area contributed by atoms with Crippen molar-refractivity contribution in [3.05, 3.63) is 0 Å². The van der Waals surface area contributed by atoms with Crippen LogP contribution in [0.15, 0.2) is 0 Å². The van der Waals surface area contributed by atoms with E-state index in [-0.39, 0.29) is 53.8 Å². The van der Waals surface area contributed by atoms with Crippen LogP contribution < -0.4 is 0 Å². The lowest BCUT2D eigenvalue weighted by molar-refractivity contribution is 0.517. The third-order valence-corrected chi connectivity index (χ3v) is 13.0. The summed E-state index contributed by atoms with van der Waals surface area (Å²) < 4.78 is 0. The maximum Gasteiger partial charge on any atom is 0.0364 e. The molecule has 10 unspecified atom stereocenters. The average Bonchev–Trinajstić information content (AvgIpc) is 2.99. The summed E-state index contributed by atoms with van der Waals surface area (Å²) in [5, 5.41) is -0.867. The fourth-order valence-electron chi connectivity index (χ4n) is 6.73. The van der Waals surface area contributed by atoms with Crippen molar-refractivity contribution < 1.29 is 0 Å².